The quantitative estimate of drug-likeness (QED) is 0.310. The predicted octanol–water partition coefficient (Wildman–Crippen LogP) is 6.49. The Morgan fingerprint density at radius 1 is 0.800 bits per heavy atom. The van der Waals surface area contributed by atoms with E-state index in [0.29, 0.717) is 0 Å². The number of hydrogen-bond acceptors (Lipinski definition) is 0. The van der Waals surface area contributed by atoms with Gasteiger partial charge in [-0.15, -0.1) is 0 Å². The molecule has 1 heterocycles. The first-order valence-corrected chi connectivity index (χ1v) is 9.34. The van der Waals surface area contributed by atoms with Gasteiger partial charge < -0.3 is 4.57 Å². The van der Waals surface area contributed by atoms with Crippen LogP contribution in [0.5, 0.6) is 0 Å². The number of benzene rings is 2. The molecule has 0 amide bonds. The lowest BCUT2D eigenvalue weighted by Gasteiger charge is -2.06. The number of rotatable bonds is 4. The van der Waals surface area contributed by atoms with E-state index in [0.717, 1.165) is 20.8 Å². The molecule has 1 nitrogen and oxygen atoms in total. The van der Waals surface area contributed by atoms with Crippen molar-refractivity contribution in [1.82, 2.24) is 4.57 Å². The zero-order valence-electron chi connectivity index (χ0n) is 10.9. The first kappa shape index (κ1) is 14.6. The summed E-state index contributed by atoms with van der Waals surface area (Å²) >= 11 is 10.7. The number of halogens is 3. The van der Waals surface area contributed by atoms with E-state index < -0.39 is 0 Å². The average Bonchev–Trinajstić information content (AvgIpc) is 2.72. The van der Waals surface area contributed by atoms with E-state index in [1.807, 2.05) is 0 Å². The van der Waals surface area contributed by atoms with Crippen LogP contribution in [0.3, 0.4) is 0 Å². The standard InChI is InChI=1S/C16H14Br3N/c17-7-1-2-8-20-15-5-3-11(18)9-13(15)14-10-12(19)4-6-16(14)20/h3-6,9-10H,1-2,7-8H2. The maximum Gasteiger partial charge on any atom is 0.0492 e. The molecule has 3 rings (SSSR count). The highest BCUT2D eigenvalue weighted by Gasteiger charge is 2.11. The van der Waals surface area contributed by atoms with Crippen LogP contribution in [0.4, 0.5) is 0 Å². The first-order valence-electron chi connectivity index (χ1n) is 6.63. The van der Waals surface area contributed by atoms with Gasteiger partial charge in [-0.1, -0.05) is 47.8 Å². The van der Waals surface area contributed by atoms with E-state index in [-0.39, 0.29) is 0 Å². The molecular formula is C16H14Br3N. The second kappa shape index (κ2) is 6.20. The summed E-state index contributed by atoms with van der Waals surface area (Å²) in [5, 5.41) is 3.70. The largest absolute Gasteiger partial charge is 0.340 e. The summed E-state index contributed by atoms with van der Waals surface area (Å²) in [7, 11) is 0. The van der Waals surface area contributed by atoms with Gasteiger partial charge >= 0.3 is 0 Å². The number of alkyl halides is 1. The minimum atomic E-state index is 1.06. The Hall–Kier alpha value is -0.320. The third-order valence-electron chi connectivity index (χ3n) is 3.55. The van der Waals surface area contributed by atoms with Gasteiger partial charge in [-0.2, -0.15) is 0 Å². The number of nitrogens with zero attached hydrogens (tertiary/aromatic N) is 1. The zero-order valence-corrected chi connectivity index (χ0v) is 15.6. The lowest BCUT2D eigenvalue weighted by Crippen LogP contribution is -1.97. The van der Waals surface area contributed by atoms with E-state index in [2.05, 4.69) is 88.8 Å². The Labute approximate surface area is 143 Å². The van der Waals surface area contributed by atoms with Crippen molar-refractivity contribution in [2.24, 2.45) is 0 Å². The summed E-state index contributed by atoms with van der Waals surface area (Å²) in [4.78, 5) is 0. The van der Waals surface area contributed by atoms with Crippen LogP contribution in [0, 0.1) is 0 Å². The molecule has 20 heavy (non-hydrogen) atoms. The molecule has 0 fully saturated rings. The zero-order chi connectivity index (χ0) is 14.1. The lowest BCUT2D eigenvalue weighted by molar-refractivity contribution is 0.670. The van der Waals surface area contributed by atoms with Crippen LogP contribution in [0.2, 0.25) is 0 Å². The van der Waals surface area contributed by atoms with Crippen molar-refractivity contribution in [3.8, 4) is 0 Å². The molecule has 2 aromatic carbocycles. The summed E-state index contributed by atoms with van der Waals surface area (Å²) in [5.41, 5.74) is 2.63. The molecule has 3 aromatic rings. The summed E-state index contributed by atoms with van der Waals surface area (Å²) in [6.45, 7) is 1.06. The van der Waals surface area contributed by atoms with Gasteiger partial charge in [0.15, 0.2) is 0 Å². The maximum absolute atomic E-state index is 3.58. The van der Waals surface area contributed by atoms with Crippen LogP contribution in [0.1, 0.15) is 12.8 Å². The minimum absolute atomic E-state index is 1.06. The van der Waals surface area contributed by atoms with Crippen molar-refractivity contribution in [3.63, 3.8) is 0 Å². The summed E-state index contributed by atoms with van der Waals surface area (Å²) in [5.74, 6) is 0. The third kappa shape index (κ3) is 2.70. The minimum Gasteiger partial charge on any atom is -0.340 e. The molecule has 0 bridgehead atoms. The van der Waals surface area contributed by atoms with Gasteiger partial charge in [0, 0.05) is 42.6 Å². The van der Waals surface area contributed by atoms with Crippen LogP contribution in [0.25, 0.3) is 21.8 Å². The number of hydrogen-bond donors (Lipinski definition) is 0. The van der Waals surface area contributed by atoms with Crippen molar-refractivity contribution >= 4 is 69.6 Å². The highest BCUT2D eigenvalue weighted by Crippen LogP contribution is 2.33. The van der Waals surface area contributed by atoms with E-state index in [9.17, 15) is 0 Å². The molecule has 0 N–H and O–H groups in total. The van der Waals surface area contributed by atoms with Gasteiger partial charge in [0.1, 0.15) is 0 Å². The molecule has 0 aliphatic heterocycles. The molecule has 104 valence electrons. The van der Waals surface area contributed by atoms with Crippen LogP contribution in [-0.4, -0.2) is 9.90 Å². The fraction of sp³-hybridized carbons (Fsp3) is 0.250. The maximum atomic E-state index is 3.58. The van der Waals surface area contributed by atoms with E-state index in [1.165, 1.54) is 34.6 Å². The molecule has 0 spiro atoms. The van der Waals surface area contributed by atoms with Crippen LogP contribution >= 0.6 is 47.8 Å². The van der Waals surface area contributed by atoms with Gasteiger partial charge in [0.25, 0.3) is 0 Å². The van der Waals surface area contributed by atoms with E-state index >= 15 is 0 Å². The van der Waals surface area contributed by atoms with Crippen molar-refractivity contribution in [3.05, 3.63) is 45.3 Å². The SMILES string of the molecule is BrCCCCn1c2ccc(Br)cc2c2cc(Br)ccc21. The van der Waals surface area contributed by atoms with Crippen molar-refractivity contribution < 1.29 is 0 Å². The highest BCUT2D eigenvalue weighted by molar-refractivity contribution is 9.10. The van der Waals surface area contributed by atoms with Gasteiger partial charge in [0.2, 0.25) is 0 Å². The fourth-order valence-electron chi connectivity index (χ4n) is 2.65. The number of aryl methyl sites for hydroxylation is 1. The average molecular weight is 460 g/mol. The molecule has 0 saturated heterocycles. The number of fused-ring (bicyclic) bond motifs is 3. The van der Waals surface area contributed by atoms with Crippen LogP contribution in [0.15, 0.2) is 45.3 Å². The van der Waals surface area contributed by atoms with Crippen molar-refractivity contribution in [1.29, 1.82) is 0 Å². The molecule has 0 saturated carbocycles. The molecule has 0 atom stereocenters. The van der Waals surface area contributed by atoms with Crippen molar-refractivity contribution in [2.75, 3.05) is 5.33 Å². The lowest BCUT2D eigenvalue weighted by atomic mass is 10.2. The molecule has 0 unspecified atom stereocenters. The molecule has 1 aromatic heterocycles. The molecular weight excluding hydrogens is 446 g/mol. The summed E-state index contributed by atoms with van der Waals surface area (Å²) in [6.07, 6.45) is 2.39. The number of unbranched alkanes of at least 4 members (excludes halogenated alkanes) is 1. The van der Waals surface area contributed by atoms with Crippen molar-refractivity contribution in [2.45, 2.75) is 19.4 Å². The van der Waals surface area contributed by atoms with E-state index in [4.69, 9.17) is 0 Å². The Bertz CT molecular complexity index is 702. The van der Waals surface area contributed by atoms with Crippen LogP contribution in [-0.2, 0) is 6.54 Å². The predicted molar refractivity (Wildman–Crippen MR) is 97.9 cm³/mol. The molecule has 0 aliphatic carbocycles. The third-order valence-corrected chi connectivity index (χ3v) is 5.10. The molecule has 4 heteroatoms. The van der Waals surface area contributed by atoms with E-state index in [1.54, 1.807) is 0 Å². The smallest absolute Gasteiger partial charge is 0.0492 e. The molecule has 0 aliphatic rings. The second-order valence-electron chi connectivity index (χ2n) is 4.87. The topological polar surface area (TPSA) is 4.93 Å². The normalized spacial score (nSPS) is 11.6. The Balaban J connectivity index is 2.23. The molecule has 0 radical (unpaired) electrons. The Morgan fingerprint density at radius 3 is 1.85 bits per heavy atom. The van der Waals surface area contributed by atoms with Crippen LogP contribution < -0.4 is 0 Å². The van der Waals surface area contributed by atoms with Gasteiger partial charge in [-0.05, 0) is 49.2 Å². The first-order chi connectivity index (χ1) is 9.70. The monoisotopic (exact) mass is 457 g/mol. The Kier molecular flexibility index (Phi) is 4.53. The highest BCUT2D eigenvalue weighted by atomic mass is 79.9. The second-order valence-corrected chi connectivity index (χ2v) is 7.50. The number of aromatic nitrogens is 1. The summed E-state index contributed by atoms with van der Waals surface area (Å²) in [6, 6.07) is 13.1. The van der Waals surface area contributed by atoms with Gasteiger partial charge in [-0.25, -0.2) is 0 Å². The van der Waals surface area contributed by atoms with Gasteiger partial charge in [-0.3, -0.25) is 0 Å². The summed E-state index contributed by atoms with van der Waals surface area (Å²) < 4.78 is 4.70. The fourth-order valence-corrected chi connectivity index (χ4v) is 3.77. The Morgan fingerprint density at radius 2 is 1.35 bits per heavy atom. The van der Waals surface area contributed by atoms with Gasteiger partial charge in [0.05, 0.1) is 0 Å².